The summed E-state index contributed by atoms with van der Waals surface area (Å²) in [5.41, 5.74) is 1.84. The van der Waals surface area contributed by atoms with Crippen molar-refractivity contribution in [2.24, 2.45) is 12.5 Å². The van der Waals surface area contributed by atoms with Gasteiger partial charge in [-0.1, -0.05) is 0 Å². The van der Waals surface area contributed by atoms with Gasteiger partial charge in [-0.05, 0) is 33.3 Å². The summed E-state index contributed by atoms with van der Waals surface area (Å²) in [6.45, 7) is 6.05. The number of amides is 1. The van der Waals surface area contributed by atoms with E-state index in [9.17, 15) is 14.7 Å². The first-order valence-electron chi connectivity index (χ1n) is 7.56. The fraction of sp³-hybridized carbons (Fsp3) is 0.500. The molecular weight excluding hydrogens is 296 g/mol. The Kier molecular flexibility index (Phi) is 3.39. The van der Waals surface area contributed by atoms with E-state index in [0.29, 0.717) is 24.2 Å². The van der Waals surface area contributed by atoms with Gasteiger partial charge in [0.25, 0.3) is 5.91 Å². The van der Waals surface area contributed by atoms with Gasteiger partial charge in [0.2, 0.25) is 0 Å². The number of carboxylic acids is 1. The molecule has 0 spiro atoms. The third kappa shape index (κ3) is 2.36. The van der Waals surface area contributed by atoms with Crippen LogP contribution in [0.15, 0.2) is 6.07 Å². The molecular formula is C16H20N4O3. The number of rotatable bonds is 2. The number of nitrogens with zero attached hydrogens (tertiary/aromatic N) is 4. The zero-order chi connectivity index (χ0) is 16.9. The van der Waals surface area contributed by atoms with E-state index in [-0.39, 0.29) is 12.5 Å². The fourth-order valence-electron chi connectivity index (χ4n) is 3.22. The zero-order valence-electron chi connectivity index (χ0n) is 13.8. The Balaban J connectivity index is 2.04. The summed E-state index contributed by atoms with van der Waals surface area (Å²) in [6.07, 6.45) is 0.466. The van der Waals surface area contributed by atoms with Crippen molar-refractivity contribution < 1.29 is 14.7 Å². The van der Waals surface area contributed by atoms with E-state index in [1.54, 1.807) is 29.6 Å². The molecule has 3 heterocycles. The van der Waals surface area contributed by atoms with E-state index >= 15 is 0 Å². The molecule has 1 saturated heterocycles. The van der Waals surface area contributed by atoms with Gasteiger partial charge in [-0.2, -0.15) is 5.10 Å². The van der Waals surface area contributed by atoms with Gasteiger partial charge in [-0.15, -0.1) is 0 Å². The standard InChI is InChI=1S/C16H20N4O3/c1-9-7-11(12-10(2)18-19(4)13(12)17-9)14(21)20-6-5-16(3,8-20)15(22)23/h7H,5-6,8H2,1-4H3,(H,22,23). The molecule has 0 saturated carbocycles. The van der Waals surface area contributed by atoms with Crippen LogP contribution in [0.5, 0.6) is 0 Å². The molecule has 1 N–H and O–H groups in total. The van der Waals surface area contributed by atoms with Crippen LogP contribution in [0.2, 0.25) is 0 Å². The number of hydrogen-bond donors (Lipinski definition) is 1. The van der Waals surface area contributed by atoms with E-state index in [1.807, 2.05) is 13.8 Å². The highest BCUT2D eigenvalue weighted by Crippen LogP contribution is 2.32. The lowest BCUT2D eigenvalue weighted by atomic mass is 9.90. The first-order valence-corrected chi connectivity index (χ1v) is 7.56. The molecule has 7 nitrogen and oxygen atoms in total. The third-order valence-electron chi connectivity index (χ3n) is 4.60. The molecule has 1 unspecified atom stereocenters. The molecule has 1 fully saturated rings. The fourth-order valence-corrected chi connectivity index (χ4v) is 3.22. The molecule has 122 valence electrons. The number of hydrogen-bond acceptors (Lipinski definition) is 4. The number of aryl methyl sites for hydroxylation is 3. The maximum absolute atomic E-state index is 13.0. The number of likely N-dealkylation sites (tertiary alicyclic amines) is 1. The average molecular weight is 316 g/mol. The van der Waals surface area contributed by atoms with Crippen LogP contribution < -0.4 is 0 Å². The average Bonchev–Trinajstić information content (AvgIpc) is 3.00. The molecule has 1 atom stereocenters. The Labute approximate surface area is 133 Å². The Bertz CT molecular complexity index is 826. The molecule has 2 aromatic rings. The van der Waals surface area contributed by atoms with Gasteiger partial charge in [-0.3, -0.25) is 14.3 Å². The van der Waals surface area contributed by atoms with Crippen molar-refractivity contribution in [3.63, 3.8) is 0 Å². The summed E-state index contributed by atoms with van der Waals surface area (Å²) in [6, 6.07) is 1.76. The van der Waals surface area contributed by atoms with E-state index in [1.165, 1.54) is 0 Å². The van der Waals surface area contributed by atoms with Gasteiger partial charge in [0.05, 0.1) is 22.1 Å². The predicted molar refractivity (Wildman–Crippen MR) is 84.2 cm³/mol. The van der Waals surface area contributed by atoms with E-state index < -0.39 is 11.4 Å². The minimum atomic E-state index is -0.874. The number of aliphatic carboxylic acids is 1. The second-order valence-corrected chi connectivity index (χ2v) is 6.56. The predicted octanol–water partition coefficient (Wildman–Crippen LogP) is 1.52. The summed E-state index contributed by atoms with van der Waals surface area (Å²) in [7, 11) is 1.80. The lowest BCUT2D eigenvalue weighted by Gasteiger charge is -2.20. The first-order chi connectivity index (χ1) is 10.7. The molecule has 1 aliphatic rings. The van der Waals surface area contributed by atoms with Crippen LogP contribution in [-0.2, 0) is 11.8 Å². The molecule has 0 radical (unpaired) electrons. The highest BCUT2D eigenvalue weighted by molar-refractivity contribution is 6.06. The van der Waals surface area contributed by atoms with Crippen LogP contribution in [0.3, 0.4) is 0 Å². The van der Waals surface area contributed by atoms with Crippen LogP contribution in [0.25, 0.3) is 11.0 Å². The smallest absolute Gasteiger partial charge is 0.311 e. The Hall–Kier alpha value is -2.44. The molecule has 0 aromatic carbocycles. The van der Waals surface area contributed by atoms with Crippen molar-refractivity contribution >= 4 is 22.9 Å². The number of carboxylic acid groups (broad SMARTS) is 1. The van der Waals surface area contributed by atoms with Gasteiger partial charge in [0, 0.05) is 25.8 Å². The van der Waals surface area contributed by atoms with Crippen LogP contribution in [0.4, 0.5) is 0 Å². The normalized spacial score (nSPS) is 21.1. The molecule has 3 rings (SSSR count). The van der Waals surface area contributed by atoms with Gasteiger partial charge in [0.15, 0.2) is 5.65 Å². The summed E-state index contributed by atoms with van der Waals surface area (Å²) in [5.74, 6) is -1.01. The Morgan fingerprint density at radius 3 is 2.65 bits per heavy atom. The minimum Gasteiger partial charge on any atom is -0.481 e. The quantitative estimate of drug-likeness (QED) is 0.907. The summed E-state index contributed by atoms with van der Waals surface area (Å²) in [4.78, 5) is 30.4. The lowest BCUT2D eigenvalue weighted by molar-refractivity contribution is -0.147. The van der Waals surface area contributed by atoms with Crippen molar-refractivity contribution in [1.82, 2.24) is 19.7 Å². The molecule has 1 amide bonds. The van der Waals surface area contributed by atoms with Crippen LogP contribution >= 0.6 is 0 Å². The van der Waals surface area contributed by atoms with Crippen molar-refractivity contribution in [1.29, 1.82) is 0 Å². The third-order valence-corrected chi connectivity index (χ3v) is 4.60. The largest absolute Gasteiger partial charge is 0.481 e. The topological polar surface area (TPSA) is 88.3 Å². The molecule has 1 aliphatic heterocycles. The number of carbonyl (C=O) groups is 2. The number of aromatic nitrogens is 3. The summed E-state index contributed by atoms with van der Waals surface area (Å²) >= 11 is 0. The molecule has 23 heavy (non-hydrogen) atoms. The molecule has 7 heteroatoms. The van der Waals surface area contributed by atoms with Gasteiger partial charge in [-0.25, -0.2) is 4.98 Å². The van der Waals surface area contributed by atoms with Crippen LogP contribution in [0, 0.1) is 19.3 Å². The van der Waals surface area contributed by atoms with E-state index in [0.717, 1.165) is 16.8 Å². The van der Waals surface area contributed by atoms with E-state index in [2.05, 4.69) is 10.1 Å². The molecule has 0 bridgehead atoms. The van der Waals surface area contributed by atoms with Crippen molar-refractivity contribution in [3.8, 4) is 0 Å². The highest BCUT2D eigenvalue weighted by atomic mass is 16.4. The number of pyridine rings is 1. The van der Waals surface area contributed by atoms with Crippen molar-refractivity contribution in [2.75, 3.05) is 13.1 Å². The summed E-state index contributed by atoms with van der Waals surface area (Å²) in [5, 5.41) is 14.4. The maximum atomic E-state index is 13.0. The van der Waals surface area contributed by atoms with Crippen molar-refractivity contribution in [2.45, 2.75) is 27.2 Å². The summed E-state index contributed by atoms with van der Waals surface area (Å²) < 4.78 is 1.67. The monoisotopic (exact) mass is 316 g/mol. The van der Waals surface area contributed by atoms with E-state index in [4.69, 9.17) is 0 Å². The number of fused-ring (bicyclic) bond motifs is 1. The first kappa shape index (κ1) is 15.5. The van der Waals surface area contributed by atoms with Gasteiger partial charge >= 0.3 is 5.97 Å². The molecule has 0 aliphatic carbocycles. The Morgan fingerprint density at radius 2 is 2.04 bits per heavy atom. The lowest BCUT2D eigenvalue weighted by Crippen LogP contribution is -2.35. The van der Waals surface area contributed by atoms with Crippen LogP contribution in [0.1, 0.15) is 35.1 Å². The van der Waals surface area contributed by atoms with Gasteiger partial charge in [0.1, 0.15) is 0 Å². The van der Waals surface area contributed by atoms with Crippen LogP contribution in [-0.4, -0.2) is 49.7 Å². The second kappa shape index (κ2) is 5.04. The minimum absolute atomic E-state index is 0.151. The van der Waals surface area contributed by atoms with Gasteiger partial charge < -0.3 is 10.0 Å². The zero-order valence-corrected chi connectivity index (χ0v) is 13.8. The molecule has 2 aromatic heterocycles. The second-order valence-electron chi connectivity index (χ2n) is 6.56. The SMILES string of the molecule is Cc1cc(C(=O)N2CCC(C)(C(=O)O)C2)c2c(C)nn(C)c2n1. The Morgan fingerprint density at radius 1 is 1.35 bits per heavy atom. The highest BCUT2D eigenvalue weighted by Gasteiger charge is 2.42. The van der Waals surface area contributed by atoms with Crippen molar-refractivity contribution in [3.05, 3.63) is 23.0 Å². The maximum Gasteiger partial charge on any atom is 0.311 e. The number of carbonyl (C=O) groups excluding carboxylic acids is 1.